The third-order valence-corrected chi connectivity index (χ3v) is 6.03. The van der Waals surface area contributed by atoms with Crippen molar-refractivity contribution in [1.29, 1.82) is 0 Å². The number of benzene rings is 1. The van der Waals surface area contributed by atoms with Crippen LogP contribution in [-0.2, 0) is 14.8 Å². The fraction of sp³-hybridized carbons (Fsp3) is 0.353. The second kappa shape index (κ2) is 7.65. The number of hydrogen-bond acceptors (Lipinski definition) is 5. The molecule has 1 aromatic heterocycles. The second-order valence-corrected chi connectivity index (χ2v) is 7.87. The predicted molar refractivity (Wildman–Crippen MR) is 92.2 cm³/mol. The lowest BCUT2D eigenvalue weighted by molar-refractivity contribution is 0.0730. The molecule has 1 aliphatic rings. The van der Waals surface area contributed by atoms with E-state index in [1.54, 1.807) is 13.0 Å². The van der Waals surface area contributed by atoms with Crippen LogP contribution in [0.2, 0.25) is 0 Å². The number of ether oxygens (including phenoxy) is 1. The van der Waals surface area contributed by atoms with Crippen molar-refractivity contribution >= 4 is 15.8 Å². The zero-order valence-electron chi connectivity index (χ0n) is 14.2. The third-order valence-electron chi connectivity index (χ3n) is 4.15. The van der Waals surface area contributed by atoms with E-state index < -0.39 is 21.7 Å². The fourth-order valence-electron chi connectivity index (χ4n) is 2.64. The first-order valence-electron chi connectivity index (χ1n) is 8.13. The zero-order chi connectivity index (χ0) is 18.7. The number of sulfonamides is 1. The minimum absolute atomic E-state index is 0.102. The molecule has 1 unspecified atom stereocenters. The van der Waals surface area contributed by atoms with Gasteiger partial charge in [-0.1, -0.05) is 6.07 Å². The maximum Gasteiger partial charge on any atom is 0.244 e. The number of pyridine rings is 1. The van der Waals surface area contributed by atoms with Crippen LogP contribution in [-0.4, -0.2) is 44.0 Å². The Morgan fingerprint density at radius 2 is 1.88 bits per heavy atom. The molecule has 0 saturated carbocycles. The van der Waals surface area contributed by atoms with Gasteiger partial charge in [-0.3, -0.25) is 0 Å². The van der Waals surface area contributed by atoms with Gasteiger partial charge in [-0.2, -0.15) is 4.31 Å². The molecule has 1 saturated heterocycles. The van der Waals surface area contributed by atoms with Crippen molar-refractivity contribution < 1.29 is 21.9 Å². The Labute approximate surface area is 150 Å². The van der Waals surface area contributed by atoms with Crippen LogP contribution in [0.25, 0.3) is 0 Å². The van der Waals surface area contributed by atoms with E-state index in [9.17, 15) is 17.2 Å². The number of aromatic nitrogens is 1. The minimum Gasteiger partial charge on any atom is -0.379 e. The highest BCUT2D eigenvalue weighted by atomic mass is 32.2. The van der Waals surface area contributed by atoms with Crippen LogP contribution in [0.3, 0.4) is 0 Å². The number of halogens is 2. The molecule has 140 valence electrons. The molecule has 0 aliphatic carbocycles. The third kappa shape index (κ3) is 4.00. The summed E-state index contributed by atoms with van der Waals surface area (Å²) >= 11 is 0. The maximum absolute atomic E-state index is 13.3. The van der Waals surface area contributed by atoms with Gasteiger partial charge in [-0.25, -0.2) is 22.2 Å². The Morgan fingerprint density at radius 1 is 1.15 bits per heavy atom. The Morgan fingerprint density at radius 3 is 2.50 bits per heavy atom. The van der Waals surface area contributed by atoms with Gasteiger partial charge in [0.25, 0.3) is 0 Å². The van der Waals surface area contributed by atoms with Crippen LogP contribution in [0.5, 0.6) is 0 Å². The van der Waals surface area contributed by atoms with Gasteiger partial charge in [-0.05, 0) is 36.8 Å². The summed E-state index contributed by atoms with van der Waals surface area (Å²) in [5.41, 5.74) is 0.552. The van der Waals surface area contributed by atoms with E-state index >= 15 is 0 Å². The summed E-state index contributed by atoms with van der Waals surface area (Å²) in [7, 11) is -3.60. The van der Waals surface area contributed by atoms with Crippen LogP contribution < -0.4 is 5.32 Å². The molecule has 0 spiro atoms. The quantitative estimate of drug-likeness (QED) is 0.859. The zero-order valence-corrected chi connectivity index (χ0v) is 15.0. The molecule has 3 rings (SSSR count). The molecule has 1 aromatic carbocycles. The number of anilines is 1. The minimum atomic E-state index is -3.60. The van der Waals surface area contributed by atoms with Gasteiger partial charge < -0.3 is 10.1 Å². The predicted octanol–water partition coefficient (Wildman–Crippen LogP) is 2.55. The van der Waals surface area contributed by atoms with Crippen LogP contribution in [0.1, 0.15) is 18.5 Å². The molecule has 0 radical (unpaired) electrons. The van der Waals surface area contributed by atoms with Gasteiger partial charge >= 0.3 is 0 Å². The molecule has 0 bridgehead atoms. The van der Waals surface area contributed by atoms with Crippen molar-refractivity contribution in [3.05, 3.63) is 53.7 Å². The van der Waals surface area contributed by atoms with Crippen LogP contribution in [0.4, 0.5) is 14.6 Å². The van der Waals surface area contributed by atoms with Crippen LogP contribution in [0, 0.1) is 11.6 Å². The first kappa shape index (κ1) is 18.7. The summed E-state index contributed by atoms with van der Waals surface area (Å²) in [5, 5.41) is 3.03. The molecule has 0 amide bonds. The lowest BCUT2D eigenvalue weighted by atomic mass is 10.1. The van der Waals surface area contributed by atoms with Crippen molar-refractivity contribution in [3.63, 3.8) is 0 Å². The Hall–Kier alpha value is -2.10. The number of nitrogens with one attached hydrogen (secondary N) is 1. The van der Waals surface area contributed by atoms with E-state index in [4.69, 9.17) is 4.74 Å². The molecule has 2 aromatic rings. The first-order chi connectivity index (χ1) is 12.4. The van der Waals surface area contributed by atoms with Gasteiger partial charge in [0.1, 0.15) is 10.7 Å². The van der Waals surface area contributed by atoms with Gasteiger partial charge in [0.2, 0.25) is 10.0 Å². The summed E-state index contributed by atoms with van der Waals surface area (Å²) in [5.74, 6) is -1.39. The Bertz CT molecular complexity index is 869. The summed E-state index contributed by atoms with van der Waals surface area (Å²) in [6, 6.07) is 6.34. The van der Waals surface area contributed by atoms with Crippen molar-refractivity contribution in [2.75, 3.05) is 31.6 Å². The number of rotatable bonds is 5. The highest BCUT2D eigenvalue weighted by Gasteiger charge is 2.26. The first-order valence-corrected chi connectivity index (χ1v) is 9.57. The van der Waals surface area contributed by atoms with Crippen molar-refractivity contribution in [2.45, 2.75) is 17.9 Å². The van der Waals surface area contributed by atoms with E-state index in [1.165, 1.54) is 22.6 Å². The van der Waals surface area contributed by atoms with Crippen LogP contribution >= 0.6 is 0 Å². The Kier molecular flexibility index (Phi) is 5.49. The molecule has 9 heteroatoms. The van der Waals surface area contributed by atoms with E-state index in [0.717, 1.165) is 12.1 Å². The van der Waals surface area contributed by atoms with Gasteiger partial charge in [0, 0.05) is 19.3 Å². The summed E-state index contributed by atoms with van der Waals surface area (Å²) in [4.78, 5) is 4.23. The maximum atomic E-state index is 13.3. The summed E-state index contributed by atoms with van der Waals surface area (Å²) < 4.78 is 58.0. The summed E-state index contributed by atoms with van der Waals surface area (Å²) in [6.45, 7) is 3.15. The van der Waals surface area contributed by atoms with Gasteiger partial charge in [0.05, 0.1) is 19.3 Å². The topological polar surface area (TPSA) is 71.5 Å². The van der Waals surface area contributed by atoms with E-state index in [0.29, 0.717) is 37.7 Å². The van der Waals surface area contributed by atoms with Crippen LogP contribution in [0.15, 0.2) is 41.4 Å². The number of nitrogens with zero attached hydrogens (tertiary/aromatic N) is 2. The summed E-state index contributed by atoms with van der Waals surface area (Å²) in [6.07, 6.45) is 1.28. The lowest BCUT2D eigenvalue weighted by Gasteiger charge is -2.26. The SMILES string of the molecule is CC(Nc1ccc(S(=O)(=O)N2CCOCC2)cn1)c1ccc(F)c(F)c1. The number of hydrogen-bond donors (Lipinski definition) is 1. The molecule has 2 heterocycles. The Balaban J connectivity index is 1.71. The average Bonchev–Trinajstić information content (AvgIpc) is 2.65. The standard InChI is InChI=1S/C17H19F2N3O3S/c1-12(13-2-4-15(18)16(19)10-13)21-17-5-3-14(11-20-17)26(23,24)22-6-8-25-9-7-22/h2-5,10-12H,6-9H2,1H3,(H,20,21). The van der Waals surface area contributed by atoms with Gasteiger partial charge in [-0.15, -0.1) is 0 Å². The van der Waals surface area contributed by atoms with Crippen molar-refractivity contribution in [2.24, 2.45) is 0 Å². The van der Waals surface area contributed by atoms with Crippen molar-refractivity contribution in [3.8, 4) is 0 Å². The normalized spacial score (nSPS) is 17.0. The molecule has 6 nitrogen and oxygen atoms in total. The highest BCUT2D eigenvalue weighted by Crippen LogP contribution is 2.22. The molecular formula is C17H19F2N3O3S. The van der Waals surface area contributed by atoms with Gasteiger partial charge in [0.15, 0.2) is 11.6 Å². The molecular weight excluding hydrogens is 364 g/mol. The highest BCUT2D eigenvalue weighted by molar-refractivity contribution is 7.89. The van der Waals surface area contributed by atoms with E-state index in [2.05, 4.69) is 10.3 Å². The van der Waals surface area contributed by atoms with E-state index in [-0.39, 0.29) is 10.9 Å². The molecule has 1 fully saturated rings. The monoisotopic (exact) mass is 383 g/mol. The van der Waals surface area contributed by atoms with Crippen molar-refractivity contribution in [1.82, 2.24) is 9.29 Å². The lowest BCUT2D eigenvalue weighted by Crippen LogP contribution is -2.40. The molecule has 1 N–H and O–H groups in total. The van der Waals surface area contributed by atoms with E-state index in [1.807, 2.05) is 0 Å². The smallest absolute Gasteiger partial charge is 0.244 e. The second-order valence-electron chi connectivity index (χ2n) is 5.94. The fourth-order valence-corrected chi connectivity index (χ4v) is 4.00. The number of morpholine rings is 1. The average molecular weight is 383 g/mol. The molecule has 1 atom stereocenters. The molecule has 1 aliphatic heterocycles. The largest absolute Gasteiger partial charge is 0.379 e. The molecule has 26 heavy (non-hydrogen) atoms.